The molecule has 0 aromatic heterocycles. The molecule has 2 amide bonds. The summed E-state index contributed by atoms with van der Waals surface area (Å²) < 4.78 is 10.3. The van der Waals surface area contributed by atoms with E-state index in [1.165, 1.54) is 4.90 Å². The van der Waals surface area contributed by atoms with Gasteiger partial charge in [-0.25, -0.2) is 9.59 Å². The van der Waals surface area contributed by atoms with Crippen LogP contribution in [0.2, 0.25) is 0 Å². The first-order valence-corrected chi connectivity index (χ1v) is 7.07. The van der Waals surface area contributed by atoms with E-state index in [1.807, 2.05) is 0 Å². The molecule has 3 N–H and O–H groups in total. The molecule has 1 aliphatic rings. The molecule has 1 unspecified atom stereocenters. The second-order valence-corrected chi connectivity index (χ2v) is 6.03. The lowest BCUT2D eigenvalue weighted by molar-refractivity contribution is 0.0636. The first-order chi connectivity index (χ1) is 10.3. The molecule has 120 valence electrons. The standard InChI is InChI=1S/C15H21N3O4/c1-15(2,3)22-13(19)17-10-4-6-11(7-5-10)18-9-12(8-16)21-14(18)20/h4-7,12H,8-9,16H2,1-3H3,(H,17,19). The molecule has 1 aromatic carbocycles. The van der Waals surface area contributed by atoms with Crippen molar-refractivity contribution in [2.45, 2.75) is 32.5 Å². The topological polar surface area (TPSA) is 93.9 Å². The molecule has 0 saturated carbocycles. The molecule has 7 nitrogen and oxygen atoms in total. The van der Waals surface area contributed by atoms with Crippen molar-refractivity contribution in [1.29, 1.82) is 0 Å². The lowest BCUT2D eigenvalue weighted by Crippen LogP contribution is -2.28. The quantitative estimate of drug-likeness (QED) is 0.893. The minimum atomic E-state index is -0.555. The van der Waals surface area contributed by atoms with Crippen molar-refractivity contribution in [1.82, 2.24) is 0 Å². The molecule has 1 aromatic rings. The number of benzene rings is 1. The molecule has 1 saturated heterocycles. The third-order valence-electron chi connectivity index (χ3n) is 2.96. The predicted molar refractivity (Wildman–Crippen MR) is 83.0 cm³/mol. The van der Waals surface area contributed by atoms with Gasteiger partial charge in [0.1, 0.15) is 11.7 Å². The van der Waals surface area contributed by atoms with Crippen LogP contribution in [0.4, 0.5) is 21.0 Å². The highest BCUT2D eigenvalue weighted by Gasteiger charge is 2.31. The highest BCUT2D eigenvalue weighted by Crippen LogP contribution is 2.23. The van der Waals surface area contributed by atoms with E-state index in [-0.39, 0.29) is 6.10 Å². The summed E-state index contributed by atoms with van der Waals surface area (Å²) in [6, 6.07) is 6.85. The van der Waals surface area contributed by atoms with Crippen molar-refractivity contribution in [2.24, 2.45) is 5.73 Å². The fourth-order valence-corrected chi connectivity index (χ4v) is 2.00. The largest absolute Gasteiger partial charge is 0.444 e. The Morgan fingerprint density at radius 2 is 2.05 bits per heavy atom. The number of amides is 2. The molecule has 2 rings (SSSR count). The lowest BCUT2D eigenvalue weighted by atomic mass is 10.2. The van der Waals surface area contributed by atoms with E-state index < -0.39 is 17.8 Å². The number of rotatable bonds is 3. The van der Waals surface area contributed by atoms with Crippen LogP contribution >= 0.6 is 0 Å². The van der Waals surface area contributed by atoms with Gasteiger partial charge in [0.15, 0.2) is 0 Å². The number of ether oxygens (including phenoxy) is 2. The number of hydrogen-bond donors (Lipinski definition) is 2. The molecule has 1 heterocycles. The molecule has 0 radical (unpaired) electrons. The first kappa shape index (κ1) is 16.1. The van der Waals surface area contributed by atoms with Crippen LogP contribution in [0.5, 0.6) is 0 Å². The Hall–Kier alpha value is -2.28. The number of hydrogen-bond acceptors (Lipinski definition) is 5. The minimum Gasteiger partial charge on any atom is -0.444 e. The van der Waals surface area contributed by atoms with Gasteiger partial charge in [-0.1, -0.05) is 0 Å². The second kappa shape index (κ2) is 6.23. The van der Waals surface area contributed by atoms with Crippen LogP contribution in [0.15, 0.2) is 24.3 Å². The second-order valence-electron chi connectivity index (χ2n) is 6.03. The number of anilines is 2. The Kier molecular flexibility index (Phi) is 4.56. The Labute approximate surface area is 129 Å². The molecule has 1 atom stereocenters. The van der Waals surface area contributed by atoms with Crippen LogP contribution in [0, 0.1) is 0 Å². The van der Waals surface area contributed by atoms with Crippen molar-refractivity contribution >= 4 is 23.6 Å². The summed E-state index contributed by atoms with van der Waals surface area (Å²) in [5.74, 6) is 0. The summed E-state index contributed by atoms with van der Waals surface area (Å²) in [6.07, 6.45) is -1.22. The maximum absolute atomic E-state index is 11.7. The van der Waals surface area contributed by atoms with Crippen LogP contribution in [0.1, 0.15) is 20.8 Å². The molecular weight excluding hydrogens is 286 g/mol. The van der Waals surface area contributed by atoms with E-state index in [4.69, 9.17) is 15.2 Å². The van der Waals surface area contributed by atoms with Gasteiger partial charge in [-0.3, -0.25) is 10.2 Å². The summed E-state index contributed by atoms with van der Waals surface area (Å²) in [5.41, 5.74) is 6.22. The smallest absolute Gasteiger partial charge is 0.414 e. The number of nitrogens with one attached hydrogen (secondary N) is 1. The molecule has 0 spiro atoms. The van der Waals surface area contributed by atoms with Gasteiger partial charge in [0, 0.05) is 17.9 Å². The number of nitrogens with zero attached hydrogens (tertiary/aromatic N) is 1. The van der Waals surface area contributed by atoms with Crippen molar-refractivity contribution in [2.75, 3.05) is 23.3 Å². The Balaban J connectivity index is 1.99. The maximum atomic E-state index is 11.7. The van der Waals surface area contributed by atoms with Gasteiger partial charge in [-0.2, -0.15) is 0 Å². The van der Waals surface area contributed by atoms with Gasteiger partial charge in [0.25, 0.3) is 0 Å². The van der Waals surface area contributed by atoms with E-state index in [0.29, 0.717) is 24.5 Å². The Morgan fingerprint density at radius 3 is 2.55 bits per heavy atom. The summed E-state index contributed by atoms with van der Waals surface area (Å²) in [4.78, 5) is 24.9. The van der Waals surface area contributed by atoms with Gasteiger partial charge in [0.2, 0.25) is 0 Å². The highest BCUT2D eigenvalue weighted by molar-refractivity contribution is 5.90. The van der Waals surface area contributed by atoms with Crippen LogP contribution in [0.25, 0.3) is 0 Å². The van der Waals surface area contributed by atoms with Gasteiger partial charge in [0.05, 0.1) is 6.54 Å². The van der Waals surface area contributed by atoms with E-state index in [1.54, 1.807) is 45.0 Å². The molecule has 0 aliphatic carbocycles. The number of carbonyl (C=O) groups is 2. The molecule has 1 fully saturated rings. The van der Waals surface area contributed by atoms with Crippen LogP contribution < -0.4 is 16.0 Å². The molecule has 1 aliphatic heterocycles. The number of cyclic esters (lactones) is 1. The molecule has 7 heteroatoms. The SMILES string of the molecule is CC(C)(C)OC(=O)Nc1ccc(N2CC(CN)OC2=O)cc1. The Morgan fingerprint density at radius 1 is 1.41 bits per heavy atom. The van der Waals surface area contributed by atoms with Crippen LogP contribution in [0.3, 0.4) is 0 Å². The Bertz CT molecular complexity index is 551. The van der Waals surface area contributed by atoms with Crippen LogP contribution in [-0.4, -0.2) is 37.0 Å². The average molecular weight is 307 g/mol. The maximum Gasteiger partial charge on any atom is 0.414 e. The molecular formula is C15H21N3O4. The third kappa shape index (κ3) is 4.11. The van der Waals surface area contributed by atoms with E-state index in [2.05, 4.69) is 5.32 Å². The fraction of sp³-hybridized carbons (Fsp3) is 0.467. The number of carbonyl (C=O) groups excluding carboxylic acids is 2. The van der Waals surface area contributed by atoms with Crippen molar-refractivity contribution in [3.63, 3.8) is 0 Å². The zero-order valence-electron chi connectivity index (χ0n) is 13.0. The zero-order chi connectivity index (χ0) is 16.3. The molecule has 0 bridgehead atoms. The van der Waals surface area contributed by atoms with Crippen molar-refractivity contribution in [3.05, 3.63) is 24.3 Å². The van der Waals surface area contributed by atoms with Crippen molar-refractivity contribution in [3.8, 4) is 0 Å². The van der Waals surface area contributed by atoms with E-state index in [0.717, 1.165) is 0 Å². The van der Waals surface area contributed by atoms with Crippen LogP contribution in [-0.2, 0) is 9.47 Å². The zero-order valence-corrected chi connectivity index (χ0v) is 13.0. The third-order valence-corrected chi connectivity index (χ3v) is 2.96. The predicted octanol–water partition coefficient (Wildman–Crippen LogP) is 2.32. The van der Waals surface area contributed by atoms with Crippen molar-refractivity contribution < 1.29 is 19.1 Å². The highest BCUT2D eigenvalue weighted by atomic mass is 16.6. The minimum absolute atomic E-state index is 0.285. The van der Waals surface area contributed by atoms with Gasteiger partial charge in [-0.15, -0.1) is 0 Å². The summed E-state index contributed by atoms with van der Waals surface area (Å²) in [6.45, 7) is 6.10. The van der Waals surface area contributed by atoms with Gasteiger partial charge >= 0.3 is 12.2 Å². The summed E-state index contributed by atoms with van der Waals surface area (Å²) >= 11 is 0. The van der Waals surface area contributed by atoms with E-state index in [9.17, 15) is 9.59 Å². The molecule has 22 heavy (non-hydrogen) atoms. The van der Waals surface area contributed by atoms with Gasteiger partial charge in [-0.05, 0) is 45.0 Å². The monoisotopic (exact) mass is 307 g/mol. The first-order valence-electron chi connectivity index (χ1n) is 7.07. The normalized spacial score (nSPS) is 18.1. The average Bonchev–Trinajstić information content (AvgIpc) is 2.79. The number of nitrogens with two attached hydrogens (primary N) is 1. The van der Waals surface area contributed by atoms with E-state index >= 15 is 0 Å². The lowest BCUT2D eigenvalue weighted by Gasteiger charge is -2.20. The summed E-state index contributed by atoms with van der Waals surface area (Å²) in [5, 5.41) is 2.63. The fourth-order valence-electron chi connectivity index (χ4n) is 2.00. The summed E-state index contributed by atoms with van der Waals surface area (Å²) in [7, 11) is 0. The van der Waals surface area contributed by atoms with Gasteiger partial charge < -0.3 is 15.2 Å².